The molecule has 0 spiro atoms. The Kier molecular flexibility index (Phi) is 4.59. The zero-order valence-corrected chi connectivity index (χ0v) is 11.5. The van der Waals surface area contributed by atoms with E-state index >= 15 is 0 Å². The van der Waals surface area contributed by atoms with Gasteiger partial charge >= 0.3 is 0 Å². The van der Waals surface area contributed by atoms with Crippen LogP contribution in [0, 0.1) is 4.77 Å². The average Bonchev–Trinajstić information content (AvgIpc) is 2.80. The molecule has 1 aromatic rings. The lowest BCUT2D eigenvalue weighted by molar-refractivity contribution is 0.391. The molecule has 1 aromatic heterocycles. The molecule has 3 nitrogen and oxygen atoms in total. The van der Waals surface area contributed by atoms with Gasteiger partial charge in [-0.25, -0.2) is 0 Å². The van der Waals surface area contributed by atoms with Crippen LogP contribution in [0.5, 0.6) is 0 Å². The Morgan fingerprint density at radius 3 is 3.00 bits per heavy atom. The van der Waals surface area contributed by atoms with Gasteiger partial charge in [0.1, 0.15) is 0 Å². The largest absolute Gasteiger partial charge is 0.368 e. The van der Waals surface area contributed by atoms with Crippen LogP contribution in [-0.2, 0) is 6.54 Å². The summed E-state index contributed by atoms with van der Waals surface area (Å²) in [5.41, 5.74) is 2.55. The third-order valence-electron chi connectivity index (χ3n) is 2.94. The monoisotopic (exact) mass is 261 g/mol. The van der Waals surface area contributed by atoms with Gasteiger partial charge in [-0.1, -0.05) is 36.8 Å². The molecule has 2 N–H and O–H groups in total. The number of aromatic nitrogens is 2. The van der Waals surface area contributed by atoms with Crippen molar-refractivity contribution in [3.05, 3.63) is 52.7 Å². The number of hydrogen-bond acceptors (Lipinski definition) is 2. The Balaban J connectivity index is 2.10. The molecule has 0 amide bonds. The van der Waals surface area contributed by atoms with E-state index in [2.05, 4.69) is 52.3 Å². The highest BCUT2D eigenvalue weighted by atomic mass is 32.1. The number of rotatable bonds is 3. The topological polar surface area (TPSA) is 34.8 Å². The van der Waals surface area contributed by atoms with Gasteiger partial charge in [0.15, 0.2) is 4.77 Å². The summed E-state index contributed by atoms with van der Waals surface area (Å²) in [4.78, 5) is 8.46. The fourth-order valence-corrected chi connectivity index (χ4v) is 2.14. The molecule has 0 aliphatic carbocycles. The second-order valence-electron chi connectivity index (χ2n) is 4.40. The van der Waals surface area contributed by atoms with E-state index in [1.807, 2.05) is 6.20 Å². The van der Waals surface area contributed by atoms with Crippen molar-refractivity contribution in [3.63, 3.8) is 0 Å². The van der Waals surface area contributed by atoms with Crippen LogP contribution in [-0.4, -0.2) is 21.4 Å². The van der Waals surface area contributed by atoms with E-state index in [0.717, 1.165) is 31.6 Å². The molecule has 2 heterocycles. The van der Waals surface area contributed by atoms with Crippen LogP contribution < -0.4 is 0 Å². The fourth-order valence-electron chi connectivity index (χ4n) is 1.95. The van der Waals surface area contributed by atoms with Crippen LogP contribution in [0.15, 0.2) is 42.3 Å². The van der Waals surface area contributed by atoms with Gasteiger partial charge in [0.25, 0.3) is 0 Å². The summed E-state index contributed by atoms with van der Waals surface area (Å²) in [5.74, 6) is 0. The summed E-state index contributed by atoms with van der Waals surface area (Å²) in [6, 6.07) is 0. The van der Waals surface area contributed by atoms with E-state index in [4.69, 9.17) is 12.2 Å². The second kappa shape index (κ2) is 6.40. The van der Waals surface area contributed by atoms with E-state index in [1.54, 1.807) is 0 Å². The number of aromatic amines is 2. The number of hydrogen-bond donors (Lipinski definition) is 2. The van der Waals surface area contributed by atoms with Gasteiger partial charge in [0.05, 0.1) is 12.2 Å². The molecule has 0 saturated carbocycles. The molecule has 0 saturated heterocycles. The molecular formula is C14H19N3S. The van der Waals surface area contributed by atoms with Crippen LogP contribution in [0.25, 0.3) is 0 Å². The van der Waals surface area contributed by atoms with E-state index in [-0.39, 0.29) is 0 Å². The SMILES string of the molecule is CC/C1=C/C=C\C/C=C\N(Cc2c[nH]c(=S)[nH]2)C1. The first kappa shape index (κ1) is 12.9. The summed E-state index contributed by atoms with van der Waals surface area (Å²) in [5, 5.41) is 0. The first-order valence-electron chi connectivity index (χ1n) is 6.30. The first-order chi connectivity index (χ1) is 8.78. The van der Waals surface area contributed by atoms with Gasteiger partial charge < -0.3 is 14.9 Å². The molecular weight excluding hydrogens is 242 g/mol. The van der Waals surface area contributed by atoms with Crippen molar-refractivity contribution in [3.8, 4) is 0 Å². The number of H-pyrrole nitrogens is 2. The summed E-state index contributed by atoms with van der Waals surface area (Å²) in [6.45, 7) is 4.01. The van der Waals surface area contributed by atoms with E-state index in [9.17, 15) is 0 Å². The maximum atomic E-state index is 5.05. The van der Waals surface area contributed by atoms with Crippen molar-refractivity contribution >= 4 is 12.2 Å². The minimum Gasteiger partial charge on any atom is -0.368 e. The van der Waals surface area contributed by atoms with Gasteiger partial charge in [-0.2, -0.15) is 0 Å². The van der Waals surface area contributed by atoms with E-state index in [1.165, 1.54) is 5.57 Å². The Morgan fingerprint density at radius 1 is 1.39 bits per heavy atom. The van der Waals surface area contributed by atoms with Crippen LogP contribution in [0.4, 0.5) is 0 Å². The zero-order valence-electron chi connectivity index (χ0n) is 10.6. The summed E-state index contributed by atoms with van der Waals surface area (Å²) in [7, 11) is 0. The predicted molar refractivity (Wildman–Crippen MR) is 77.7 cm³/mol. The van der Waals surface area contributed by atoms with Crippen molar-refractivity contribution in [1.82, 2.24) is 14.9 Å². The normalized spacial score (nSPS) is 22.5. The molecule has 0 fully saturated rings. The van der Waals surface area contributed by atoms with Gasteiger partial charge in [0, 0.05) is 12.7 Å². The number of nitrogens with zero attached hydrogens (tertiary/aromatic N) is 1. The summed E-state index contributed by atoms with van der Waals surface area (Å²) >= 11 is 5.05. The van der Waals surface area contributed by atoms with Crippen molar-refractivity contribution in [2.24, 2.45) is 0 Å². The van der Waals surface area contributed by atoms with Crippen LogP contribution in [0.1, 0.15) is 25.5 Å². The molecule has 2 rings (SSSR count). The van der Waals surface area contributed by atoms with Crippen molar-refractivity contribution in [2.75, 3.05) is 6.54 Å². The van der Waals surface area contributed by atoms with Crippen LogP contribution >= 0.6 is 12.2 Å². The molecule has 0 atom stereocenters. The maximum Gasteiger partial charge on any atom is 0.174 e. The second-order valence-corrected chi connectivity index (χ2v) is 4.81. The highest BCUT2D eigenvalue weighted by molar-refractivity contribution is 7.71. The fraction of sp³-hybridized carbons (Fsp3) is 0.357. The Morgan fingerprint density at radius 2 is 2.28 bits per heavy atom. The van der Waals surface area contributed by atoms with Gasteiger partial charge in [-0.05, 0) is 31.3 Å². The molecule has 0 aromatic carbocycles. The highest BCUT2D eigenvalue weighted by Crippen LogP contribution is 2.11. The lowest BCUT2D eigenvalue weighted by Crippen LogP contribution is -2.19. The van der Waals surface area contributed by atoms with Gasteiger partial charge in [0.2, 0.25) is 0 Å². The lowest BCUT2D eigenvalue weighted by Gasteiger charge is -2.20. The number of nitrogens with one attached hydrogen (secondary N) is 2. The van der Waals surface area contributed by atoms with Crippen molar-refractivity contribution in [2.45, 2.75) is 26.3 Å². The molecule has 4 heteroatoms. The highest BCUT2D eigenvalue weighted by Gasteiger charge is 2.05. The minimum absolute atomic E-state index is 0.686. The summed E-state index contributed by atoms with van der Waals surface area (Å²) < 4.78 is 0.686. The molecule has 96 valence electrons. The Labute approximate surface area is 113 Å². The molecule has 1 aliphatic rings. The number of allylic oxidation sites excluding steroid dienone is 4. The zero-order chi connectivity index (χ0) is 12.8. The molecule has 0 unspecified atom stereocenters. The Bertz CT molecular complexity index is 519. The van der Waals surface area contributed by atoms with E-state index in [0.29, 0.717) is 4.77 Å². The standard InChI is InChI=1S/C14H19N3S/c1-2-12-7-5-3-4-6-8-17(10-12)11-13-9-15-14(18)16-13/h3,5-9H,2,4,10-11H2,1H3,(H2,15,16,18)/b5-3-,8-6-,12-7-. The minimum atomic E-state index is 0.686. The average molecular weight is 261 g/mol. The van der Waals surface area contributed by atoms with Gasteiger partial charge in [-0.15, -0.1) is 0 Å². The molecule has 1 aliphatic heterocycles. The third kappa shape index (κ3) is 3.74. The Hall–Kier alpha value is -1.55. The molecule has 0 bridgehead atoms. The predicted octanol–water partition coefficient (Wildman–Crippen LogP) is 3.68. The van der Waals surface area contributed by atoms with Crippen LogP contribution in [0.3, 0.4) is 0 Å². The van der Waals surface area contributed by atoms with Crippen LogP contribution in [0.2, 0.25) is 0 Å². The van der Waals surface area contributed by atoms with Gasteiger partial charge in [-0.3, -0.25) is 0 Å². The first-order valence-corrected chi connectivity index (χ1v) is 6.70. The third-order valence-corrected chi connectivity index (χ3v) is 3.16. The smallest absolute Gasteiger partial charge is 0.174 e. The van der Waals surface area contributed by atoms with Crippen molar-refractivity contribution < 1.29 is 0 Å². The lowest BCUT2D eigenvalue weighted by atomic mass is 10.1. The molecule has 0 radical (unpaired) electrons. The quantitative estimate of drug-likeness (QED) is 0.814. The van der Waals surface area contributed by atoms with Crippen molar-refractivity contribution in [1.29, 1.82) is 0 Å². The summed E-state index contributed by atoms with van der Waals surface area (Å²) in [6.07, 6.45) is 14.9. The maximum absolute atomic E-state index is 5.05. The molecule has 18 heavy (non-hydrogen) atoms. The number of imidazole rings is 1. The van der Waals surface area contributed by atoms with E-state index < -0.39 is 0 Å².